The molecule has 0 aliphatic carbocycles. The molecule has 2 heterocycles. The van der Waals surface area contributed by atoms with Crippen LogP contribution in [-0.4, -0.2) is 56.0 Å². The fourth-order valence-electron chi connectivity index (χ4n) is 4.00. The number of carbonyl (C=O) groups excluding carboxylic acids is 5. The van der Waals surface area contributed by atoms with Gasteiger partial charge in [-0.25, -0.2) is 4.98 Å². The van der Waals surface area contributed by atoms with Gasteiger partial charge in [0.25, 0.3) is 11.5 Å². The van der Waals surface area contributed by atoms with Crippen LogP contribution in [0.25, 0.3) is 0 Å². The minimum Gasteiger partial charge on any atom is -0.354 e. The third kappa shape index (κ3) is 9.58. The van der Waals surface area contributed by atoms with Crippen molar-refractivity contribution in [3.63, 3.8) is 0 Å². The summed E-state index contributed by atoms with van der Waals surface area (Å²) in [7, 11) is 1.61. The molecule has 2 rings (SSSR count). The lowest BCUT2D eigenvalue weighted by Crippen LogP contribution is -2.45. The zero-order chi connectivity index (χ0) is 29.8. The summed E-state index contributed by atoms with van der Waals surface area (Å²) < 4.78 is 2.64. The lowest BCUT2D eigenvalue weighted by molar-refractivity contribution is -0.137. The Labute approximate surface area is 233 Å². The molecule has 218 valence electrons. The average molecular weight is 557 g/mol. The lowest BCUT2D eigenvalue weighted by atomic mass is 10.00. The SMILES string of the molecule is CCC(CC)CNC(=O)Cn1cccc(NC(=O)[C@H](CCC(=O)C(=O)CC(C)C)NC(=O)c2cncn2C)c1=O. The number of hydrogen-bond acceptors (Lipinski definition) is 7. The molecule has 0 aliphatic heterocycles. The van der Waals surface area contributed by atoms with Gasteiger partial charge in [0.15, 0.2) is 11.6 Å². The van der Waals surface area contributed by atoms with E-state index in [2.05, 4.69) is 20.9 Å². The number of anilines is 1. The first-order valence-electron chi connectivity index (χ1n) is 13.6. The van der Waals surface area contributed by atoms with Gasteiger partial charge in [0, 0.05) is 32.6 Å². The van der Waals surface area contributed by atoms with Gasteiger partial charge in [0.05, 0.1) is 12.5 Å². The molecule has 0 aliphatic rings. The zero-order valence-electron chi connectivity index (χ0n) is 23.9. The van der Waals surface area contributed by atoms with E-state index in [1.807, 2.05) is 27.7 Å². The first-order valence-corrected chi connectivity index (χ1v) is 13.6. The van der Waals surface area contributed by atoms with Crippen molar-refractivity contribution in [1.29, 1.82) is 0 Å². The second-order valence-electron chi connectivity index (χ2n) is 10.2. The minimum absolute atomic E-state index is 0.00198. The summed E-state index contributed by atoms with van der Waals surface area (Å²) in [6, 6.07) is 1.67. The second-order valence-corrected chi connectivity index (χ2v) is 10.2. The number of carbonyl (C=O) groups is 5. The number of aromatic nitrogens is 3. The highest BCUT2D eigenvalue weighted by molar-refractivity contribution is 6.37. The Balaban J connectivity index is 2.17. The molecule has 12 heteroatoms. The number of nitrogens with zero attached hydrogens (tertiary/aromatic N) is 3. The van der Waals surface area contributed by atoms with Crippen molar-refractivity contribution < 1.29 is 24.0 Å². The molecule has 0 saturated carbocycles. The Hall–Kier alpha value is -4.09. The van der Waals surface area contributed by atoms with Crippen molar-refractivity contribution in [2.45, 2.75) is 72.4 Å². The largest absolute Gasteiger partial charge is 0.354 e. The summed E-state index contributed by atoms with van der Waals surface area (Å²) in [5.41, 5.74) is -0.516. The van der Waals surface area contributed by atoms with Gasteiger partial charge in [-0.2, -0.15) is 0 Å². The molecule has 0 aromatic carbocycles. The van der Waals surface area contributed by atoms with Crippen LogP contribution >= 0.6 is 0 Å². The van der Waals surface area contributed by atoms with E-state index in [-0.39, 0.29) is 49.0 Å². The highest BCUT2D eigenvalue weighted by atomic mass is 16.2. The Morgan fingerprint density at radius 2 is 1.75 bits per heavy atom. The average Bonchev–Trinajstić information content (AvgIpc) is 3.34. The van der Waals surface area contributed by atoms with Crippen LogP contribution in [0.3, 0.4) is 0 Å². The number of amides is 3. The Bertz CT molecular complexity index is 1260. The first kappa shape index (κ1) is 32.1. The summed E-state index contributed by atoms with van der Waals surface area (Å²) in [5.74, 6) is -2.51. The van der Waals surface area contributed by atoms with Gasteiger partial charge in [0.2, 0.25) is 11.8 Å². The van der Waals surface area contributed by atoms with Crippen LogP contribution in [0, 0.1) is 11.8 Å². The van der Waals surface area contributed by atoms with Crippen molar-refractivity contribution in [2.75, 3.05) is 11.9 Å². The van der Waals surface area contributed by atoms with E-state index in [1.165, 1.54) is 40.0 Å². The van der Waals surface area contributed by atoms with Gasteiger partial charge in [-0.05, 0) is 30.4 Å². The fourth-order valence-corrected chi connectivity index (χ4v) is 4.00. The van der Waals surface area contributed by atoms with E-state index in [9.17, 15) is 28.8 Å². The topological polar surface area (TPSA) is 161 Å². The van der Waals surface area contributed by atoms with Crippen LogP contribution in [0.1, 0.15) is 70.3 Å². The maximum Gasteiger partial charge on any atom is 0.274 e. The van der Waals surface area contributed by atoms with Crippen molar-refractivity contribution in [3.8, 4) is 0 Å². The summed E-state index contributed by atoms with van der Waals surface area (Å²) in [4.78, 5) is 79.8. The third-order valence-corrected chi connectivity index (χ3v) is 6.57. The Morgan fingerprint density at radius 3 is 2.35 bits per heavy atom. The highest BCUT2D eigenvalue weighted by Gasteiger charge is 2.26. The number of pyridine rings is 1. The molecular weight excluding hydrogens is 516 g/mol. The molecule has 2 aromatic heterocycles. The Morgan fingerprint density at radius 1 is 1.05 bits per heavy atom. The van der Waals surface area contributed by atoms with Gasteiger partial charge in [0.1, 0.15) is 24.0 Å². The van der Waals surface area contributed by atoms with E-state index < -0.39 is 35.0 Å². The molecule has 0 bridgehead atoms. The quantitative estimate of drug-likeness (QED) is 0.266. The molecule has 0 spiro atoms. The number of nitrogens with one attached hydrogen (secondary N) is 3. The number of ketones is 2. The van der Waals surface area contributed by atoms with Gasteiger partial charge in [-0.15, -0.1) is 0 Å². The van der Waals surface area contributed by atoms with Crippen LogP contribution in [0.2, 0.25) is 0 Å². The molecule has 0 saturated heterocycles. The monoisotopic (exact) mass is 556 g/mol. The van der Waals surface area contributed by atoms with E-state index in [0.29, 0.717) is 12.5 Å². The number of imidazole rings is 1. The number of hydrogen-bond donors (Lipinski definition) is 3. The predicted octanol–water partition coefficient (Wildman–Crippen LogP) is 1.84. The fraction of sp³-hybridized carbons (Fsp3) is 0.536. The normalized spacial score (nSPS) is 11.8. The first-order chi connectivity index (χ1) is 19.0. The smallest absolute Gasteiger partial charge is 0.274 e. The summed E-state index contributed by atoms with van der Waals surface area (Å²) in [6.07, 6.45) is 5.71. The van der Waals surface area contributed by atoms with Crippen molar-refractivity contribution in [2.24, 2.45) is 18.9 Å². The van der Waals surface area contributed by atoms with Crippen molar-refractivity contribution in [1.82, 2.24) is 24.8 Å². The zero-order valence-corrected chi connectivity index (χ0v) is 23.9. The third-order valence-electron chi connectivity index (χ3n) is 6.57. The maximum absolute atomic E-state index is 13.2. The molecule has 0 radical (unpaired) electrons. The van der Waals surface area contributed by atoms with Gasteiger partial charge in [-0.1, -0.05) is 40.5 Å². The molecule has 3 amide bonds. The van der Waals surface area contributed by atoms with E-state index in [4.69, 9.17) is 0 Å². The molecule has 1 atom stereocenters. The summed E-state index contributed by atoms with van der Waals surface area (Å²) >= 11 is 0. The molecule has 0 unspecified atom stereocenters. The van der Waals surface area contributed by atoms with Crippen molar-refractivity contribution >= 4 is 35.0 Å². The molecule has 0 fully saturated rings. The maximum atomic E-state index is 13.2. The summed E-state index contributed by atoms with van der Waals surface area (Å²) in [5, 5.41) is 7.90. The van der Waals surface area contributed by atoms with Crippen LogP contribution in [0.5, 0.6) is 0 Å². The molecule has 12 nitrogen and oxygen atoms in total. The van der Waals surface area contributed by atoms with Crippen LogP contribution in [-0.2, 0) is 32.8 Å². The van der Waals surface area contributed by atoms with Gasteiger partial charge < -0.3 is 25.1 Å². The molecular formula is C28H40N6O6. The molecule has 40 heavy (non-hydrogen) atoms. The number of rotatable bonds is 16. The predicted molar refractivity (Wildman–Crippen MR) is 150 cm³/mol. The van der Waals surface area contributed by atoms with E-state index in [0.717, 1.165) is 12.8 Å². The molecule has 3 N–H and O–H groups in total. The van der Waals surface area contributed by atoms with E-state index >= 15 is 0 Å². The molecule has 2 aromatic rings. The van der Waals surface area contributed by atoms with Crippen LogP contribution < -0.4 is 21.5 Å². The van der Waals surface area contributed by atoms with Crippen molar-refractivity contribution in [3.05, 3.63) is 46.9 Å². The number of Topliss-reactive ketones (excluding diaryl/α,β-unsaturated/α-hetero) is 2. The standard InChI is InChI=1S/C28H40N6O6/c1-6-19(7-2)14-30-25(37)16-34-12-8-9-21(28(34)40)32-26(38)20(10-11-23(35)24(36)13-18(3)4)31-27(39)22-15-29-17-33(22)5/h8-9,12,15,17-20H,6-7,10-11,13-14,16H2,1-5H3,(H,30,37)(H,31,39)(H,32,38)/t20-/m0/s1. The Kier molecular flexibility index (Phi) is 12.4. The lowest BCUT2D eigenvalue weighted by Gasteiger charge is -2.19. The van der Waals surface area contributed by atoms with E-state index in [1.54, 1.807) is 7.05 Å². The second kappa shape index (κ2) is 15.5. The highest BCUT2D eigenvalue weighted by Crippen LogP contribution is 2.09. The summed E-state index contributed by atoms with van der Waals surface area (Å²) in [6.45, 7) is 8.01. The number of aryl methyl sites for hydroxylation is 1. The van der Waals surface area contributed by atoms with Gasteiger partial charge >= 0.3 is 0 Å². The van der Waals surface area contributed by atoms with Gasteiger partial charge in [-0.3, -0.25) is 28.8 Å². The van der Waals surface area contributed by atoms with Crippen LogP contribution in [0.15, 0.2) is 35.6 Å². The van der Waals surface area contributed by atoms with Crippen LogP contribution in [0.4, 0.5) is 5.69 Å². The minimum atomic E-state index is -1.23.